The van der Waals surface area contributed by atoms with Gasteiger partial charge in [0.1, 0.15) is 0 Å². The predicted molar refractivity (Wildman–Crippen MR) is 90.8 cm³/mol. The van der Waals surface area contributed by atoms with Gasteiger partial charge in [0.2, 0.25) is 11.9 Å². The highest BCUT2D eigenvalue weighted by Crippen LogP contribution is 2.30. The number of nitrogens with zero attached hydrogens (tertiary/aromatic N) is 4. The fourth-order valence-corrected chi connectivity index (χ4v) is 3.17. The molecule has 0 aromatic carbocycles. The Hall–Kier alpha value is -2.32. The summed E-state index contributed by atoms with van der Waals surface area (Å²) in [5.74, 6) is 0.142. The maximum Gasteiger partial charge on any atom is 0.417 e. The number of carbonyl (C=O) groups excluding carboxylic acids is 1. The van der Waals surface area contributed by atoms with Crippen molar-refractivity contribution in [3.8, 4) is 0 Å². The summed E-state index contributed by atoms with van der Waals surface area (Å²) < 4.78 is 40.3. The van der Waals surface area contributed by atoms with Crippen molar-refractivity contribution < 1.29 is 18.0 Å². The Balaban J connectivity index is 1.79. The highest BCUT2D eigenvalue weighted by atomic mass is 19.4. The van der Waals surface area contributed by atoms with Crippen molar-refractivity contribution in [2.24, 2.45) is 5.92 Å². The number of anilines is 1. The molecule has 3 heterocycles. The van der Waals surface area contributed by atoms with Crippen LogP contribution in [0.25, 0.3) is 5.65 Å². The van der Waals surface area contributed by atoms with Crippen molar-refractivity contribution in [3.63, 3.8) is 0 Å². The Bertz CT molecular complexity index is 773. The summed E-state index contributed by atoms with van der Waals surface area (Å²) in [6.07, 6.45) is 0.0508. The van der Waals surface area contributed by atoms with Gasteiger partial charge in [-0.2, -0.15) is 13.2 Å². The summed E-state index contributed by atoms with van der Waals surface area (Å²) in [5, 5.41) is 10.9. The molecule has 1 aliphatic rings. The number of halogens is 3. The maximum absolute atomic E-state index is 13.0. The van der Waals surface area contributed by atoms with Gasteiger partial charge in [-0.15, -0.1) is 10.2 Å². The molecule has 9 heteroatoms. The molecule has 142 valence electrons. The lowest BCUT2D eigenvalue weighted by Gasteiger charge is -2.32. The summed E-state index contributed by atoms with van der Waals surface area (Å²) in [6, 6.07) is 2.30. The smallest absolute Gasteiger partial charge is 0.356 e. The number of unbranched alkanes of at least 4 members (excludes halogenated alkanes) is 1. The molecule has 0 radical (unpaired) electrons. The maximum atomic E-state index is 13.0. The van der Waals surface area contributed by atoms with Crippen LogP contribution in [0.1, 0.15) is 38.2 Å². The van der Waals surface area contributed by atoms with Crippen LogP contribution in [0, 0.1) is 5.92 Å². The Morgan fingerprint density at radius 2 is 2.15 bits per heavy atom. The molecule has 0 aliphatic carbocycles. The Labute approximate surface area is 149 Å². The van der Waals surface area contributed by atoms with Gasteiger partial charge in [-0.25, -0.2) is 0 Å². The topological polar surface area (TPSA) is 62.5 Å². The average molecular weight is 369 g/mol. The quantitative estimate of drug-likeness (QED) is 0.824. The van der Waals surface area contributed by atoms with E-state index in [-0.39, 0.29) is 11.8 Å². The molecule has 3 rings (SSSR count). The first-order valence-corrected chi connectivity index (χ1v) is 8.84. The van der Waals surface area contributed by atoms with Gasteiger partial charge in [0.05, 0.1) is 11.5 Å². The predicted octanol–water partition coefficient (Wildman–Crippen LogP) is 2.88. The van der Waals surface area contributed by atoms with Crippen molar-refractivity contribution in [3.05, 3.63) is 23.9 Å². The normalized spacial score (nSPS) is 18.3. The van der Waals surface area contributed by atoms with Crippen LogP contribution in [0.2, 0.25) is 0 Å². The first kappa shape index (κ1) is 18.5. The molecule has 1 amide bonds. The van der Waals surface area contributed by atoms with E-state index >= 15 is 0 Å². The lowest BCUT2D eigenvalue weighted by Crippen LogP contribution is -2.44. The summed E-state index contributed by atoms with van der Waals surface area (Å²) in [7, 11) is 0. The van der Waals surface area contributed by atoms with E-state index in [1.54, 1.807) is 0 Å². The number of pyridine rings is 1. The van der Waals surface area contributed by atoms with E-state index in [0.717, 1.165) is 37.9 Å². The van der Waals surface area contributed by atoms with Gasteiger partial charge in [-0.1, -0.05) is 13.3 Å². The standard InChI is InChI=1S/C17H22F3N5O/c1-2-3-8-21-15(26)12-5-4-9-24(10-12)16-23-22-14-7-6-13(11-25(14)16)17(18,19)20/h6-7,11-12H,2-5,8-10H2,1H3,(H,21,26)/t12-/m0/s1. The van der Waals surface area contributed by atoms with Crippen LogP contribution in [0.3, 0.4) is 0 Å². The second-order valence-corrected chi connectivity index (χ2v) is 6.57. The number of hydrogen-bond acceptors (Lipinski definition) is 4. The third kappa shape index (κ3) is 3.91. The molecule has 2 aromatic rings. The molecule has 6 nitrogen and oxygen atoms in total. The van der Waals surface area contributed by atoms with Gasteiger partial charge >= 0.3 is 6.18 Å². The van der Waals surface area contributed by atoms with Crippen LogP contribution in [0.5, 0.6) is 0 Å². The summed E-state index contributed by atoms with van der Waals surface area (Å²) in [5.41, 5.74) is -0.403. The second-order valence-electron chi connectivity index (χ2n) is 6.57. The molecule has 0 unspecified atom stereocenters. The molecular formula is C17H22F3N5O. The van der Waals surface area contributed by atoms with Gasteiger partial charge in [-0.3, -0.25) is 9.20 Å². The molecule has 1 saturated heterocycles. The molecule has 26 heavy (non-hydrogen) atoms. The minimum atomic E-state index is -4.43. The Morgan fingerprint density at radius 3 is 2.88 bits per heavy atom. The lowest BCUT2D eigenvalue weighted by atomic mass is 9.97. The molecule has 1 atom stereocenters. The molecule has 1 fully saturated rings. The minimum Gasteiger partial charge on any atom is -0.356 e. The minimum absolute atomic E-state index is 0.00653. The first-order chi connectivity index (χ1) is 12.4. The highest BCUT2D eigenvalue weighted by molar-refractivity contribution is 5.79. The van der Waals surface area contributed by atoms with E-state index in [0.29, 0.717) is 31.2 Å². The summed E-state index contributed by atoms with van der Waals surface area (Å²) in [4.78, 5) is 14.1. The van der Waals surface area contributed by atoms with E-state index in [1.807, 2.05) is 4.90 Å². The van der Waals surface area contributed by atoms with Crippen LogP contribution in [0.15, 0.2) is 18.3 Å². The van der Waals surface area contributed by atoms with Gasteiger partial charge in [0.25, 0.3) is 0 Å². The van der Waals surface area contributed by atoms with Crippen molar-refractivity contribution in [1.82, 2.24) is 19.9 Å². The molecule has 1 aliphatic heterocycles. The summed E-state index contributed by atoms with van der Waals surface area (Å²) in [6.45, 7) is 3.76. The van der Waals surface area contributed by atoms with E-state index in [1.165, 1.54) is 10.5 Å². The molecule has 0 bridgehead atoms. The zero-order chi connectivity index (χ0) is 18.7. The first-order valence-electron chi connectivity index (χ1n) is 8.84. The monoisotopic (exact) mass is 369 g/mol. The van der Waals surface area contributed by atoms with Crippen LogP contribution < -0.4 is 10.2 Å². The van der Waals surface area contributed by atoms with Gasteiger partial charge in [0, 0.05) is 25.8 Å². The molecule has 2 aromatic heterocycles. The number of rotatable bonds is 5. The van der Waals surface area contributed by atoms with Crippen molar-refractivity contribution in [2.75, 3.05) is 24.5 Å². The van der Waals surface area contributed by atoms with E-state index in [2.05, 4.69) is 22.4 Å². The number of aromatic nitrogens is 3. The SMILES string of the molecule is CCCCNC(=O)[C@H]1CCCN(c2nnc3ccc(C(F)(F)F)cn23)C1. The third-order valence-corrected chi connectivity index (χ3v) is 4.62. The Morgan fingerprint density at radius 1 is 1.35 bits per heavy atom. The number of nitrogens with one attached hydrogen (secondary N) is 1. The van der Waals surface area contributed by atoms with Crippen LogP contribution in [-0.2, 0) is 11.0 Å². The highest BCUT2D eigenvalue weighted by Gasteiger charge is 2.32. The zero-order valence-electron chi connectivity index (χ0n) is 14.6. The van der Waals surface area contributed by atoms with Crippen LogP contribution in [0.4, 0.5) is 19.1 Å². The number of amides is 1. The average Bonchev–Trinajstić information content (AvgIpc) is 3.04. The number of fused-ring (bicyclic) bond motifs is 1. The van der Waals surface area contributed by atoms with Crippen LogP contribution >= 0.6 is 0 Å². The van der Waals surface area contributed by atoms with E-state index < -0.39 is 11.7 Å². The lowest BCUT2D eigenvalue weighted by molar-refractivity contribution is -0.137. The third-order valence-electron chi connectivity index (χ3n) is 4.62. The Kier molecular flexibility index (Phi) is 5.33. The van der Waals surface area contributed by atoms with Gasteiger partial charge in [-0.05, 0) is 31.4 Å². The number of piperidine rings is 1. The number of hydrogen-bond donors (Lipinski definition) is 1. The molecule has 1 N–H and O–H groups in total. The van der Waals surface area contributed by atoms with E-state index in [9.17, 15) is 18.0 Å². The zero-order valence-corrected chi connectivity index (χ0v) is 14.6. The van der Waals surface area contributed by atoms with Gasteiger partial charge in [0.15, 0.2) is 5.65 Å². The van der Waals surface area contributed by atoms with E-state index in [4.69, 9.17) is 0 Å². The summed E-state index contributed by atoms with van der Waals surface area (Å²) >= 11 is 0. The largest absolute Gasteiger partial charge is 0.417 e. The fourth-order valence-electron chi connectivity index (χ4n) is 3.17. The number of alkyl halides is 3. The van der Waals surface area contributed by atoms with Crippen molar-refractivity contribution in [1.29, 1.82) is 0 Å². The fraction of sp³-hybridized carbons (Fsp3) is 0.588. The van der Waals surface area contributed by atoms with Crippen molar-refractivity contribution in [2.45, 2.75) is 38.8 Å². The molecular weight excluding hydrogens is 347 g/mol. The van der Waals surface area contributed by atoms with Crippen molar-refractivity contribution >= 4 is 17.5 Å². The second kappa shape index (κ2) is 7.51. The molecule has 0 spiro atoms. The van der Waals surface area contributed by atoms with Crippen LogP contribution in [-0.4, -0.2) is 40.1 Å². The van der Waals surface area contributed by atoms with Gasteiger partial charge < -0.3 is 10.2 Å². The molecule has 0 saturated carbocycles. The number of carbonyl (C=O) groups is 1.